The average molecular weight is 323 g/mol. The lowest BCUT2D eigenvalue weighted by Crippen LogP contribution is -2.13. The second-order valence-electron chi connectivity index (χ2n) is 3.36. The van der Waals surface area contributed by atoms with Crippen molar-refractivity contribution in [3.05, 3.63) is 22.4 Å². The lowest BCUT2D eigenvalue weighted by Gasteiger charge is -2.02. The summed E-state index contributed by atoms with van der Waals surface area (Å²) in [7, 11) is 0. The molecule has 1 rings (SSSR count). The summed E-state index contributed by atoms with van der Waals surface area (Å²) < 4.78 is 1.31. The lowest BCUT2D eigenvalue weighted by atomic mass is 10.2. The molecule has 0 aromatic carbocycles. The van der Waals surface area contributed by atoms with Gasteiger partial charge in [0.15, 0.2) is 0 Å². The van der Waals surface area contributed by atoms with Crippen LogP contribution in [0.5, 0.6) is 0 Å². The highest BCUT2D eigenvalue weighted by Crippen LogP contribution is 2.07. The van der Waals surface area contributed by atoms with E-state index in [1.165, 1.54) is 41.5 Å². The van der Waals surface area contributed by atoms with Gasteiger partial charge in [-0.1, -0.05) is 41.5 Å². The van der Waals surface area contributed by atoms with Crippen LogP contribution >= 0.6 is 33.9 Å². The van der Waals surface area contributed by atoms with E-state index < -0.39 is 0 Å². The van der Waals surface area contributed by atoms with Gasteiger partial charge in [0, 0.05) is 11.4 Å². The lowest BCUT2D eigenvalue weighted by molar-refractivity contribution is 0.603. The van der Waals surface area contributed by atoms with Crippen molar-refractivity contribution in [2.45, 2.75) is 32.2 Å². The van der Waals surface area contributed by atoms with Crippen molar-refractivity contribution in [1.82, 2.24) is 5.32 Å². The third-order valence-electron chi connectivity index (χ3n) is 2.12. The van der Waals surface area contributed by atoms with Gasteiger partial charge in [0.2, 0.25) is 0 Å². The van der Waals surface area contributed by atoms with Crippen molar-refractivity contribution >= 4 is 33.9 Å². The first-order chi connectivity index (χ1) is 6.93. The summed E-state index contributed by atoms with van der Waals surface area (Å²) in [5, 5.41) is 5.61. The molecule has 1 heterocycles. The van der Waals surface area contributed by atoms with Gasteiger partial charge in [-0.2, -0.15) is 0 Å². The van der Waals surface area contributed by atoms with E-state index in [1.54, 1.807) is 0 Å². The zero-order chi connectivity index (χ0) is 10.1. The molecule has 0 fully saturated rings. The van der Waals surface area contributed by atoms with Crippen molar-refractivity contribution in [2.75, 3.05) is 11.0 Å². The molecule has 1 aromatic rings. The third-order valence-corrected chi connectivity index (χ3v) is 3.76. The zero-order valence-electron chi connectivity index (χ0n) is 8.47. The van der Waals surface area contributed by atoms with Gasteiger partial charge in [-0.05, 0) is 35.3 Å². The minimum Gasteiger partial charge on any atom is -0.312 e. The Morgan fingerprint density at radius 1 is 1.21 bits per heavy atom. The fourth-order valence-electron chi connectivity index (χ4n) is 1.32. The number of nitrogens with one attached hydrogen (secondary N) is 1. The Kier molecular flexibility index (Phi) is 7.72. The van der Waals surface area contributed by atoms with Crippen molar-refractivity contribution < 1.29 is 0 Å². The number of alkyl halides is 1. The Balaban J connectivity index is 1.85. The molecule has 0 saturated heterocycles. The molecule has 1 aromatic heterocycles. The topological polar surface area (TPSA) is 12.0 Å². The Hall–Kier alpha value is 0.390. The van der Waals surface area contributed by atoms with Crippen LogP contribution in [0.15, 0.2) is 17.5 Å². The number of thiophene rings is 1. The van der Waals surface area contributed by atoms with E-state index >= 15 is 0 Å². The molecule has 0 radical (unpaired) electrons. The molecule has 3 heteroatoms. The van der Waals surface area contributed by atoms with Gasteiger partial charge in [-0.25, -0.2) is 0 Å². The predicted molar refractivity (Wildman–Crippen MR) is 73.4 cm³/mol. The van der Waals surface area contributed by atoms with Gasteiger partial charge in [0.1, 0.15) is 0 Å². The van der Waals surface area contributed by atoms with Crippen molar-refractivity contribution in [1.29, 1.82) is 0 Å². The fraction of sp³-hybridized carbons (Fsp3) is 0.636. The molecular weight excluding hydrogens is 305 g/mol. The molecule has 0 unspecified atom stereocenters. The normalized spacial score (nSPS) is 10.6. The highest BCUT2D eigenvalue weighted by Gasteiger charge is 1.92. The highest BCUT2D eigenvalue weighted by molar-refractivity contribution is 14.1. The van der Waals surface area contributed by atoms with Crippen LogP contribution in [-0.2, 0) is 6.54 Å². The van der Waals surface area contributed by atoms with Crippen LogP contribution < -0.4 is 5.32 Å². The first-order valence-corrected chi connectivity index (χ1v) is 7.63. The minimum absolute atomic E-state index is 1.05. The second-order valence-corrected chi connectivity index (χ2v) is 5.47. The summed E-state index contributed by atoms with van der Waals surface area (Å²) >= 11 is 4.28. The number of unbranched alkanes of at least 4 members (excludes halogenated alkanes) is 3. The molecule has 0 aliphatic heterocycles. The van der Waals surface area contributed by atoms with E-state index in [-0.39, 0.29) is 0 Å². The standard InChI is InChI=1S/C11H18INS/c12-7-3-1-2-4-8-13-10-11-6-5-9-14-11/h5-6,9,13H,1-4,7-8,10H2. The Morgan fingerprint density at radius 2 is 2.07 bits per heavy atom. The van der Waals surface area contributed by atoms with Crippen LogP contribution in [-0.4, -0.2) is 11.0 Å². The Labute approximate surface area is 104 Å². The number of rotatable bonds is 8. The van der Waals surface area contributed by atoms with Gasteiger partial charge >= 0.3 is 0 Å². The number of halogens is 1. The van der Waals surface area contributed by atoms with Crippen LogP contribution in [0.4, 0.5) is 0 Å². The quantitative estimate of drug-likeness (QED) is 0.435. The van der Waals surface area contributed by atoms with Crippen LogP contribution in [0.3, 0.4) is 0 Å². The van der Waals surface area contributed by atoms with Crippen molar-refractivity contribution in [3.8, 4) is 0 Å². The molecule has 1 nitrogen and oxygen atoms in total. The molecular formula is C11H18INS. The summed E-state index contributed by atoms with van der Waals surface area (Å²) in [6, 6.07) is 4.30. The molecule has 0 aliphatic rings. The highest BCUT2D eigenvalue weighted by atomic mass is 127. The molecule has 0 saturated carbocycles. The third kappa shape index (κ3) is 5.98. The Morgan fingerprint density at radius 3 is 2.79 bits per heavy atom. The molecule has 0 aliphatic carbocycles. The average Bonchev–Trinajstić information content (AvgIpc) is 2.69. The maximum absolute atomic E-state index is 3.47. The fourth-order valence-corrected chi connectivity index (χ4v) is 2.54. The smallest absolute Gasteiger partial charge is 0.0299 e. The van der Waals surface area contributed by atoms with E-state index in [0.717, 1.165) is 6.54 Å². The van der Waals surface area contributed by atoms with Crippen LogP contribution in [0.1, 0.15) is 30.6 Å². The first kappa shape index (κ1) is 12.5. The molecule has 0 amide bonds. The summed E-state index contributed by atoms with van der Waals surface area (Å²) in [6.07, 6.45) is 5.47. The second kappa shape index (κ2) is 8.68. The first-order valence-electron chi connectivity index (χ1n) is 5.22. The van der Waals surface area contributed by atoms with E-state index in [2.05, 4.69) is 45.4 Å². The van der Waals surface area contributed by atoms with E-state index in [0.29, 0.717) is 0 Å². The zero-order valence-corrected chi connectivity index (χ0v) is 11.4. The van der Waals surface area contributed by atoms with Crippen LogP contribution in [0.2, 0.25) is 0 Å². The molecule has 0 spiro atoms. The van der Waals surface area contributed by atoms with Crippen molar-refractivity contribution in [3.63, 3.8) is 0 Å². The number of hydrogen-bond donors (Lipinski definition) is 1. The van der Waals surface area contributed by atoms with Crippen LogP contribution in [0, 0.1) is 0 Å². The Bertz CT molecular complexity index is 211. The van der Waals surface area contributed by atoms with Gasteiger partial charge in [-0.15, -0.1) is 11.3 Å². The molecule has 0 atom stereocenters. The van der Waals surface area contributed by atoms with E-state index in [1.807, 2.05) is 11.3 Å². The molecule has 80 valence electrons. The summed E-state index contributed by atoms with van der Waals surface area (Å²) in [4.78, 5) is 1.44. The maximum Gasteiger partial charge on any atom is 0.0299 e. The maximum atomic E-state index is 3.47. The molecule has 0 bridgehead atoms. The van der Waals surface area contributed by atoms with E-state index in [9.17, 15) is 0 Å². The SMILES string of the molecule is ICCCCCCNCc1cccs1. The number of hydrogen-bond acceptors (Lipinski definition) is 2. The van der Waals surface area contributed by atoms with Gasteiger partial charge in [0.25, 0.3) is 0 Å². The summed E-state index contributed by atoms with van der Waals surface area (Å²) in [5.74, 6) is 0. The predicted octanol–water partition coefficient (Wildman–Crippen LogP) is 3.83. The van der Waals surface area contributed by atoms with Crippen molar-refractivity contribution in [2.24, 2.45) is 0 Å². The largest absolute Gasteiger partial charge is 0.312 e. The van der Waals surface area contributed by atoms with Gasteiger partial charge in [0.05, 0.1) is 0 Å². The minimum atomic E-state index is 1.05. The monoisotopic (exact) mass is 323 g/mol. The summed E-state index contributed by atoms with van der Waals surface area (Å²) in [5.41, 5.74) is 0. The molecule has 1 N–H and O–H groups in total. The summed E-state index contributed by atoms with van der Waals surface area (Å²) in [6.45, 7) is 2.21. The van der Waals surface area contributed by atoms with Gasteiger partial charge in [-0.3, -0.25) is 0 Å². The van der Waals surface area contributed by atoms with Gasteiger partial charge < -0.3 is 5.32 Å². The molecule has 14 heavy (non-hydrogen) atoms. The van der Waals surface area contributed by atoms with E-state index in [4.69, 9.17) is 0 Å². The van der Waals surface area contributed by atoms with Crippen LogP contribution in [0.25, 0.3) is 0 Å².